The van der Waals surface area contributed by atoms with E-state index in [0.717, 1.165) is 74.2 Å². The molecular weight excluding hydrogens is 523 g/mol. The number of aryl methyl sites for hydroxylation is 1. The average Bonchev–Trinajstić information content (AvgIpc) is 2.94. The van der Waals surface area contributed by atoms with Crippen LogP contribution in [0.1, 0.15) is 27.0 Å². The Morgan fingerprint density at radius 2 is 1.93 bits per heavy atom. The van der Waals surface area contributed by atoms with E-state index in [9.17, 15) is 18.0 Å². The van der Waals surface area contributed by atoms with Crippen LogP contribution in [0.2, 0.25) is 0 Å². The quantitative estimate of drug-likeness (QED) is 0.449. The number of morpholine rings is 1. The van der Waals surface area contributed by atoms with Gasteiger partial charge in [0.05, 0.1) is 25.4 Å². The first kappa shape index (κ1) is 27.7. The van der Waals surface area contributed by atoms with Crippen LogP contribution in [0.3, 0.4) is 0 Å². The number of carbonyl (C=O) groups is 1. The maximum Gasteiger partial charge on any atom is 0.416 e. The first-order valence-corrected chi connectivity index (χ1v) is 13.1. The molecule has 2 aliphatic rings. The van der Waals surface area contributed by atoms with Crippen molar-refractivity contribution >= 4 is 29.0 Å². The molecule has 2 N–H and O–H groups in total. The van der Waals surface area contributed by atoms with E-state index in [-0.39, 0.29) is 5.56 Å². The fraction of sp³-hybridized carbons (Fsp3) is 0.393. The number of benzene rings is 2. The number of halogens is 3. The smallest absolute Gasteiger partial charge is 0.379 e. The van der Waals surface area contributed by atoms with Gasteiger partial charge in [0, 0.05) is 68.5 Å². The zero-order valence-corrected chi connectivity index (χ0v) is 22.5. The number of nitrogens with one attached hydrogen (secondary N) is 2. The van der Waals surface area contributed by atoms with Crippen LogP contribution >= 0.6 is 0 Å². The third-order valence-corrected chi connectivity index (χ3v) is 7.02. The molecular formula is C28H32F3N7O2. The van der Waals surface area contributed by atoms with Gasteiger partial charge >= 0.3 is 6.18 Å². The molecule has 0 unspecified atom stereocenters. The minimum Gasteiger partial charge on any atom is -0.379 e. The van der Waals surface area contributed by atoms with E-state index in [1.165, 1.54) is 12.1 Å². The van der Waals surface area contributed by atoms with Gasteiger partial charge in [0.15, 0.2) is 0 Å². The molecule has 1 amide bonds. The normalized spacial score (nSPS) is 16.0. The fourth-order valence-electron chi connectivity index (χ4n) is 4.88. The summed E-state index contributed by atoms with van der Waals surface area (Å²) in [5.74, 6) is 0.832. The molecule has 5 rings (SSSR count). The molecule has 40 heavy (non-hydrogen) atoms. The molecule has 3 heterocycles. The van der Waals surface area contributed by atoms with Gasteiger partial charge in [0.1, 0.15) is 5.82 Å². The Labute approximate surface area is 231 Å². The lowest BCUT2D eigenvalue weighted by molar-refractivity contribution is -0.137. The molecule has 12 heteroatoms. The molecule has 2 aromatic carbocycles. The highest BCUT2D eigenvalue weighted by Crippen LogP contribution is 2.33. The predicted molar refractivity (Wildman–Crippen MR) is 148 cm³/mol. The van der Waals surface area contributed by atoms with Crippen LogP contribution in [0.4, 0.5) is 36.3 Å². The summed E-state index contributed by atoms with van der Waals surface area (Å²) >= 11 is 0. The van der Waals surface area contributed by atoms with Crippen molar-refractivity contribution in [2.24, 2.45) is 0 Å². The van der Waals surface area contributed by atoms with Crippen molar-refractivity contribution in [2.45, 2.75) is 19.6 Å². The maximum atomic E-state index is 13.1. The summed E-state index contributed by atoms with van der Waals surface area (Å²) in [6.07, 6.45) is -2.69. The minimum absolute atomic E-state index is 0.0601. The number of carbonyl (C=O) groups excluding carboxylic acids is 1. The number of hydrogen-bond donors (Lipinski definition) is 2. The lowest BCUT2D eigenvalue weighted by atomic mass is 10.1. The number of nitrogens with zero attached hydrogens (tertiary/aromatic N) is 5. The topological polar surface area (TPSA) is 85.9 Å². The fourth-order valence-corrected chi connectivity index (χ4v) is 4.88. The van der Waals surface area contributed by atoms with E-state index >= 15 is 0 Å². The van der Waals surface area contributed by atoms with Gasteiger partial charge in [-0.25, -0.2) is 4.98 Å². The van der Waals surface area contributed by atoms with E-state index in [1.54, 1.807) is 6.07 Å². The van der Waals surface area contributed by atoms with Crippen LogP contribution in [-0.2, 0) is 17.5 Å². The maximum absolute atomic E-state index is 13.1. The van der Waals surface area contributed by atoms with Gasteiger partial charge in [-0.1, -0.05) is 12.1 Å². The zero-order chi connectivity index (χ0) is 28.3. The van der Waals surface area contributed by atoms with E-state index < -0.39 is 17.6 Å². The van der Waals surface area contributed by atoms with Crippen molar-refractivity contribution in [3.05, 3.63) is 70.9 Å². The Hall–Kier alpha value is -3.90. The largest absolute Gasteiger partial charge is 0.416 e. The number of ether oxygens (including phenoxy) is 1. The number of fused-ring (bicyclic) bond motifs is 1. The van der Waals surface area contributed by atoms with Gasteiger partial charge in [0.2, 0.25) is 5.95 Å². The highest BCUT2D eigenvalue weighted by Gasteiger charge is 2.31. The standard InChI is InChI=1S/C28H32F3N7O2/c1-19-6-7-23(34-26(39)20-4-3-5-22(14-20)28(29,30)31)15-24(19)38-17-21-16-33-27(35-25(21)36(2)18-38)32-8-9-37-10-12-40-13-11-37/h3-7,14-16H,8-13,17-18H2,1-2H3,(H,34,39)(H,32,33,35). The van der Waals surface area contributed by atoms with Crippen molar-refractivity contribution in [1.29, 1.82) is 0 Å². The number of anilines is 4. The van der Waals surface area contributed by atoms with Gasteiger partial charge in [0.25, 0.3) is 5.91 Å². The van der Waals surface area contributed by atoms with Crippen LogP contribution < -0.4 is 20.4 Å². The Balaban J connectivity index is 1.26. The summed E-state index contributed by atoms with van der Waals surface area (Å²) in [5.41, 5.74) is 2.42. The van der Waals surface area contributed by atoms with Crippen molar-refractivity contribution in [2.75, 3.05) is 73.5 Å². The third kappa shape index (κ3) is 6.45. The van der Waals surface area contributed by atoms with Crippen molar-refractivity contribution in [1.82, 2.24) is 14.9 Å². The first-order valence-electron chi connectivity index (χ1n) is 13.1. The second-order valence-corrected chi connectivity index (χ2v) is 9.99. The summed E-state index contributed by atoms with van der Waals surface area (Å²) in [4.78, 5) is 28.5. The Morgan fingerprint density at radius 1 is 1.12 bits per heavy atom. The number of hydrogen-bond acceptors (Lipinski definition) is 8. The van der Waals surface area contributed by atoms with Crippen LogP contribution in [0, 0.1) is 6.92 Å². The Bertz CT molecular complexity index is 1360. The van der Waals surface area contributed by atoms with E-state index in [4.69, 9.17) is 9.72 Å². The molecule has 0 aliphatic carbocycles. The Kier molecular flexibility index (Phi) is 8.08. The molecule has 0 saturated carbocycles. The lowest BCUT2D eigenvalue weighted by Gasteiger charge is -2.37. The average molecular weight is 556 g/mol. The number of rotatable bonds is 7. The molecule has 9 nitrogen and oxygen atoms in total. The molecule has 1 fully saturated rings. The van der Waals surface area contributed by atoms with Crippen molar-refractivity contribution < 1.29 is 22.7 Å². The van der Waals surface area contributed by atoms with Gasteiger partial charge in [-0.15, -0.1) is 0 Å². The van der Waals surface area contributed by atoms with E-state index in [2.05, 4.69) is 25.4 Å². The Morgan fingerprint density at radius 3 is 2.70 bits per heavy atom. The van der Waals surface area contributed by atoms with Gasteiger partial charge in [-0.2, -0.15) is 18.2 Å². The highest BCUT2D eigenvalue weighted by molar-refractivity contribution is 6.04. The van der Waals surface area contributed by atoms with Gasteiger partial charge in [-0.3, -0.25) is 9.69 Å². The molecule has 0 bridgehead atoms. The van der Waals surface area contributed by atoms with Gasteiger partial charge in [-0.05, 0) is 42.8 Å². The molecule has 2 aliphatic heterocycles. The highest BCUT2D eigenvalue weighted by atomic mass is 19.4. The van der Waals surface area contributed by atoms with Crippen molar-refractivity contribution in [3.63, 3.8) is 0 Å². The minimum atomic E-state index is -4.52. The first-order chi connectivity index (χ1) is 19.2. The summed E-state index contributed by atoms with van der Waals surface area (Å²) in [7, 11) is 1.96. The molecule has 0 atom stereocenters. The zero-order valence-electron chi connectivity index (χ0n) is 22.5. The number of aromatic nitrogens is 2. The predicted octanol–water partition coefficient (Wildman–Crippen LogP) is 4.21. The van der Waals surface area contributed by atoms with E-state index in [0.29, 0.717) is 24.8 Å². The van der Waals surface area contributed by atoms with Gasteiger partial charge < -0.3 is 25.2 Å². The summed E-state index contributed by atoms with van der Waals surface area (Å²) in [5, 5.41) is 6.05. The molecule has 0 radical (unpaired) electrons. The van der Waals surface area contributed by atoms with Crippen LogP contribution in [0.25, 0.3) is 0 Å². The molecule has 0 spiro atoms. The molecule has 1 saturated heterocycles. The van der Waals surface area contributed by atoms with Crippen molar-refractivity contribution in [3.8, 4) is 0 Å². The monoisotopic (exact) mass is 555 g/mol. The lowest BCUT2D eigenvalue weighted by Crippen LogP contribution is -2.41. The third-order valence-electron chi connectivity index (χ3n) is 7.02. The summed E-state index contributed by atoms with van der Waals surface area (Å²) in [6, 6.07) is 9.84. The number of alkyl halides is 3. The summed E-state index contributed by atoms with van der Waals surface area (Å²) in [6.45, 7) is 8.13. The second kappa shape index (κ2) is 11.7. The molecule has 3 aromatic rings. The SMILES string of the molecule is Cc1ccc(NC(=O)c2cccc(C(F)(F)F)c2)cc1N1Cc2cnc(NCCN3CCOCC3)nc2N(C)C1. The van der Waals surface area contributed by atoms with E-state index in [1.807, 2.05) is 37.2 Å². The second-order valence-electron chi connectivity index (χ2n) is 9.99. The molecule has 1 aromatic heterocycles. The number of amides is 1. The van der Waals surface area contributed by atoms with Crippen LogP contribution in [0.15, 0.2) is 48.7 Å². The van der Waals surface area contributed by atoms with Crippen LogP contribution in [-0.4, -0.2) is 73.9 Å². The molecule has 212 valence electrons. The van der Waals surface area contributed by atoms with Crippen LogP contribution in [0.5, 0.6) is 0 Å². The summed E-state index contributed by atoms with van der Waals surface area (Å²) < 4.78 is 44.7.